The van der Waals surface area contributed by atoms with Crippen LogP contribution >= 0.6 is 22.6 Å². The van der Waals surface area contributed by atoms with Gasteiger partial charge >= 0.3 is 0 Å². The third kappa shape index (κ3) is 2.46. The lowest BCUT2D eigenvalue weighted by Crippen LogP contribution is -2.23. The summed E-state index contributed by atoms with van der Waals surface area (Å²) < 4.78 is 1.63. The maximum absolute atomic E-state index is 11.9. The number of hydrogen-bond acceptors (Lipinski definition) is 3. The Kier molecular flexibility index (Phi) is 3.41. The first kappa shape index (κ1) is 12.0. The molecule has 88 valence electrons. The van der Waals surface area contributed by atoms with E-state index in [1.54, 1.807) is 40.9 Å². The van der Waals surface area contributed by atoms with Crippen LogP contribution in [0.4, 0.5) is 4.79 Å². The number of amides is 1. The van der Waals surface area contributed by atoms with E-state index in [4.69, 9.17) is 0 Å². The molecular formula is C11H10IN3O2. The topological polar surface area (TPSA) is 63.5 Å². The molecule has 0 aromatic carbocycles. The summed E-state index contributed by atoms with van der Waals surface area (Å²) >= 11 is 1.63. The Morgan fingerprint density at radius 1 is 1.59 bits per heavy atom. The Morgan fingerprint density at radius 3 is 3.06 bits per heavy atom. The summed E-state index contributed by atoms with van der Waals surface area (Å²) in [6.45, 7) is 2.04. The van der Waals surface area contributed by atoms with E-state index in [-0.39, 0.29) is 15.9 Å². The second kappa shape index (κ2) is 4.82. The molecule has 2 rings (SSSR count). The average Bonchev–Trinajstić information content (AvgIpc) is 2.28. The molecule has 0 saturated carbocycles. The number of aromatic nitrogens is 2. The molecule has 2 aromatic rings. The highest BCUT2D eigenvalue weighted by molar-refractivity contribution is 14.1. The zero-order valence-electron chi connectivity index (χ0n) is 9.11. The molecule has 17 heavy (non-hydrogen) atoms. The SMILES string of the molecule is Cc1cc(=O)c(CNC(=O)I)c2ncccn12. The standard InChI is InChI=1S/C11H10IN3O2/c1-7-5-9(16)8(6-14-11(12)17)10-13-3-2-4-15(7)10/h2-5H,6H2,1H3,(H,14,17). The molecule has 2 heterocycles. The van der Waals surface area contributed by atoms with E-state index in [0.29, 0.717) is 11.2 Å². The van der Waals surface area contributed by atoms with Gasteiger partial charge in [-0.25, -0.2) is 4.98 Å². The number of hydrogen-bond donors (Lipinski definition) is 1. The molecule has 0 atom stereocenters. The van der Waals surface area contributed by atoms with Gasteiger partial charge in [0, 0.05) is 46.7 Å². The second-order valence-corrected chi connectivity index (χ2v) is 4.55. The summed E-state index contributed by atoms with van der Waals surface area (Å²) in [4.78, 5) is 26.9. The van der Waals surface area contributed by atoms with Crippen LogP contribution in [0.2, 0.25) is 0 Å². The molecule has 2 aromatic heterocycles. The second-order valence-electron chi connectivity index (χ2n) is 3.57. The molecule has 0 fully saturated rings. The van der Waals surface area contributed by atoms with Crippen LogP contribution in [0.5, 0.6) is 0 Å². The number of carbonyl (C=O) groups excluding carboxylic acids is 1. The molecule has 0 saturated heterocycles. The predicted molar refractivity (Wildman–Crippen MR) is 72.5 cm³/mol. The molecule has 0 aliphatic carbocycles. The smallest absolute Gasteiger partial charge is 0.280 e. The predicted octanol–water partition coefficient (Wildman–Crippen LogP) is 1.65. The highest BCUT2D eigenvalue weighted by atomic mass is 127. The van der Waals surface area contributed by atoms with Crippen LogP contribution in [-0.2, 0) is 6.54 Å². The minimum Gasteiger partial charge on any atom is -0.343 e. The van der Waals surface area contributed by atoms with Gasteiger partial charge in [-0.2, -0.15) is 0 Å². The molecule has 1 amide bonds. The lowest BCUT2D eigenvalue weighted by atomic mass is 10.2. The number of pyridine rings is 1. The number of carbonyl (C=O) groups is 1. The van der Waals surface area contributed by atoms with Gasteiger partial charge in [-0.3, -0.25) is 9.59 Å². The molecule has 0 unspecified atom stereocenters. The number of aryl methyl sites for hydroxylation is 1. The Morgan fingerprint density at radius 2 is 2.35 bits per heavy atom. The lowest BCUT2D eigenvalue weighted by molar-refractivity contribution is 0.262. The van der Waals surface area contributed by atoms with Gasteiger partial charge in [-0.15, -0.1) is 0 Å². The Hall–Kier alpha value is -1.44. The van der Waals surface area contributed by atoms with E-state index in [9.17, 15) is 9.59 Å². The highest BCUT2D eigenvalue weighted by Gasteiger charge is 2.09. The molecule has 0 aliphatic rings. The van der Waals surface area contributed by atoms with Gasteiger partial charge in [0.05, 0.1) is 12.1 Å². The minimum absolute atomic E-state index is 0.105. The van der Waals surface area contributed by atoms with Gasteiger partial charge in [-0.05, 0) is 13.0 Å². The zero-order valence-corrected chi connectivity index (χ0v) is 11.3. The third-order valence-electron chi connectivity index (χ3n) is 2.44. The van der Waals surface area contributed by atoms with Gasteiger partial charge in [0.1, 0.15) is 5.65 Å². The maximum Gasteiger partial charge on any atom is 0.280 e. The van der Waals surface area contributed by atoms with Crippen molar-refractivity contribution in [2.24, 2.45) is 0 Å². The van der Waals surface area contributed by atoms with Crippen molar-refractivity contribution in [3.8, 4) is 0 Å². The molecule has 0 radical (unpaired) electrons. The van der Waals surface area contributed by atoms with Crippen molar-refractivity contribution < 1.29 is 4.79 Å². The normalized spacial score (nSPS) is 10.5. The third-order valence-corrected chi connectivity index (χ3v) is 2.82. The first-order chi connectivity index (χ1) is 8.09. The first-order valence-electron chi connectivity index (χ1n) is 4.99. The molecule has 6 heteroatoms. The van der Waals surface area contributed by atoms with Crippen molar-refractivity contribution in [3.05, 3.63) is 46.0 Å². The Balaban J connectivity index is 2.61. The average molecular weight is 343 g/mol. The summed E-state index contributed by atoms with van der Waals surface area (Å²) in [6.07, 6.45) is 3.47. The Bertz CT molecular complexity index is 636. The van der Waals surface area contributed by atoms with Gasteiger partial charge < -0.3 is 9.72 Å². The van der Waals surface area contributed by atoms with E-state index in [0.717, 1.165) is 5.69 Å². The van der Waals surface area contributed by atoms with Gasteiger partial charge in [0.2, 0.25) is 0 Å². The first-order valence-corrected chi connectivity index (χ1v) is 6.06. The van der Waals surface area contributed by atoms with Crippen LogP contribution < -0.4 is 10.7 Å². The van der Waals surface area contributed by atoms with E-state index in [1.807, 2.05) is 17.5 Å². The zero-order chi connectivity index (χ0) is 12.4. The molecule has 0 spiro atoms. The molecule has 1 N–H and O–H groups in total. The maximum atomic E-state index is 11.9. The van der Waals surface area contributed by atoms with Crippen LogP contribution in [0.3, 0.4) is 0 Å². The molecule has 0 bridgehead atoms. The van der Waals surface area contributed by atoms with Crippen LogP contribution in [-0.4, -0.2) is 13.3 Å². The lowest BCUT2D eigenvalue weighted by Gasteiger charge is -2.08. The monoisotopic (exact) mass is 343 g/mol. The van der Waals surface area contributed by atoms with E-state index in [2.05, 4.69) is 10.3 Å². The van der Waals surface area contributed by atoms with E-state index >= 15 is 0 Å². The fourth-order valence-electron chi connectivity index (χ4n) is 1.66. The van der Waals surface area contributed by atoms with Crippen molar-refractivity contribution >= 4 is 32.2 Å². The number of halogens is 1. The van der Waals surface area contributed by atoms with Crippen LogP contribution in [0, 0.1) is 6.92 Å². The summed E-state index contributed by atoms with van der Waals surface area (Å²) in [6, 6.07) is 3.34. The van der Waals surface area contributed by atoms with Crippen molar-refractivity contribution in [1.82, 2.24) is 14.7 Å². The van der Waals surface area contributed by atoms with Gasteiger partial charge in [-0.1, -0.05) is 0 Å². The molecule has 5 nitrogen and oxygen atoms in total. The van der Waals surface area contributed by atoms with Gasteiger partial charge in [0.15, 0.2) is 5.43 Å². The minimum atomic E-state index is -0.198. The number of rotatable bonds is 2. The number of fused-ring (bicyclic) bond motifs is 1. The number of nitrogens with zero attached hydrogens (tertiary/aromatic N) is 2. The highest BCUT2D eigenvalue weighted by Crippen LogP contribution is 2.06. The van der Waals surface area contributed by atoms with Crippen LogP contribution in [0.1, 0.15) is 11.3 Å². The van der Waals surface area contributed by atoms with Crippen molar-refractivity contribution in [2.75, 3.05) is 0 Å². The van der Waals surface area contributed by atoms with Crippen molar-refractivity contribution in [2.45, 2.75) is 13.5 Å². The number of nitrogens with one attached hydrogen (secondary N) is 1. The fraction of sp³-hybridized carbons (Fsp3) is 0.182. The Labute approximate surface area is 111 Å². The van der Waals surface area contributed by atoms with Gasteiger partial charge in [0.25, 0.3) is 3.91 Å². The largest absolute Gasteiger partial charge is 0.343 e. The quantitative estimate of drug-likeness (QED) is 0.512. The summed E-state index contributed by atoms with van der Waals surface area (Å²) in [7, 11) is 0. The summed E-state index contributed by atoms with van der Waals surface area (Å²) in [5, 5.41) is 2.61. The summed E-state index contributed by atoms with van der Waals surface area (Å²) in [5.41, 5.74) is 1.80. The van der Waals surface area contributed by atoms with E-state index in [1.165, 1.54) is 0 Å². The van der Waals surface area contributed by atoms with Crippen molar-refractivity contribution in [1.29, 1.82) is 0 Å². The summed E-state index contributed by atoms with van der Waals surface area (Å²) in [5.74, 6) is 0. The van der Waals surface area contributed by atoms with E-state index < -0.39 is 0 Å². The molecular weight excluding hydrogens is 333 g/mol. The molecule has 0 aliphatic heterocycles. The van der Waals surface area contributed by atoms with Crippen LogP contribution in [0.15, 0.2) is 29.3 Å². The fourth-order valence-corrected chi connectivity index (χ4v) is 1.85. The van der Waals surface area contributed by atoms with Crippen molar-refractivity contribution in [3.63, 3.8) is 0 Å². The van der Waals surface area contributed by atoms with Crippen LogP contribution in [0.25, 0.3) is 5.65 Å².